The van der Waals surface area contributed by atoms with Crippen molar-refractivity contribution in [1.29, 1.82) is 0 Å². The Morgan fingerprint density at radius 2 is 1.79 bits per heavy atom. The van der Waals surface area contributed by atoms with E-state index in [1.165, 1.54) is 10.6 Å². The van der Waals surface area contributed by atoms with E-state index in [0.29, 0.717) is 5.70 Å². The molecule has 0 fully saturated rings. The number of fused-ring (bicyclic) bond motifs is 1. The van der Waals surface area contributed by atoms with Crippen molar-refractivity contribution in [3.8, 4) is 0 Å². The summed E-state index contributed by atoms with van der Waals surface area (Å²) in [6.07, 6.45) is 0.559. The van der Waals surface area contributed by atoms with E-state index >= 15 is 0 Å². The Balaban J connectivity index is 1.96. The van der Waals surface area contributed by atoms with Gasteiger partial charge in [0.05, 0.1) is 23.3 Å². The predicted octanol–water partition coefficient (Wildman–Crippen LogP) is 4.64. The summed E-state index contributed by atoms with van der Waals surface area (Å²) >= 11 is 0. The Hall–Kier alpha value is -2.68. The summed E-state index contributed by atoms with van der Waals surface area (Å²) in [6, 6.07) is 2.12. The van der Waals surface area contributed by atoms with Crippen molar-refractivity contribution in [1.82, 2.24) is 14.5 Å². The predicted molar refractivity (Wildman–Crippen MR) is 104 cm³/mol. The maximum Gasteiger partial charge on any atom is 0.433 e. The molecule has 2 aromatic rings. The number of rotatable bonds is 5. The molecule has 0 bridgehead atoms. The first-order valence-electron chi connectivity index (χ1n) is 9.09. The van der Waals surface area contributed by atoms with Crippen LogP contribution in [-0.2, 0) is 15.7 Å². The summed E-state index contributed by atoms with van der Waals surface area (Å²) in [4.78, 5) is 20.9. The van der Waals surface area contributed by atoms with Crippen molar-refractivity contribution >= 4 is 28.7 Å². The number of hydrogen-bond donors (Lipinski definition) is 1. The van der Waals surface area contributed by atoms with E-state index in [1.54, 1.807) is 32.1 Å². The van der Waals surface area contributed by atoms with Gasteiger partial charge in [0.1, 0.15) is 11.2 Å². The molecular weight excluding hydrogens is 385 g/mol. The average Bonchev–Trinajstić information content (AvgIpc) is 2.87. The minimum absolute atomic E-state index is 0.0227. The maximum atomic E-state index is 13.1. The number of nitrogens with one attached hydrogen (secondary N) is 1. The maximum absolute atomic E-state index is 13.1. The van der Waals surface area contributed by atoms with Crippen LogP contribution in [0.15, 0.2) is 30.4 Å². The van der Waals surface area contributed by atoms with Crippen LogP contribution < -0.4 is 5.32 Å². The Kier molecular flexibility index (Phi) is 5.06. The number of carbonyl (C=O) groups excluding carboxylic acids is 1. The van der Waals surface area contributed by atoms with Gasteiger partial charge in [0.2, 0.25) is 11.9 Å². The molecule has 0 saturated carbocycles. The highest BCUT2D eigenvalue weighted by Crippen LogP contribution is 2.32. The summed E-state index contributed by atoms with van der Waals surface area (Å²) in [5, 5.41) is 2.72. The van der Waals surface area contributed by atoms with Gasteiger partial charge in [-0.05, 0) is 58.9 Å². The number of imidazole rings is 1. The van der Waals surface area contributed by atoms with Gasteiger partial charge in [0.15, 0.2) is 5.65 Å². The van der Waals surface area contributed by atoms with Crippen LogP contribution in [0.2, 0.25) is 0 Å². The lowest BCUT2D eigenvalue weighted by Crippen LogP contribution is -2.38. The fourth-order valence-corrected chi connectivity index (χ4v) is 2.51. The minimum atomic E-state index is -4.58. The van der Waals surface area contributed by atoms with E-state index < -0.39 is 22.9 Å². The molecule has 0 spiro atoms. The van der Waals surface area contributed by atoms with Crippen LogP contribution in [0.1, 0.15) is 40.3 Å². The van der Waals surface area contributed by atoms with E-state index in [2.05, 4.69) is 15.3 Å². The molecule has 1 amide bonds. The van der Waals surface area contributed by atoms with Crippen LogP contribution in [-0.4, -0.2) is 32.7 Å². The Bertz CT molecular complexity index is 1010. The lowest BCUT2D eigenvalue weighted by atomic mass is 9.93. The van der Waals surface area contributed by atoms with Crippen LogP contribution >= 0.6 is 0 Å². The van der Waals surface area contributed by atoms with E-state index in [4.69, 9.17) is 4.74 Å². The van der Waals surface area contributed by atoms with Gasteiger partial charge >= 0.3 is 6.18 Å². The number of anilines is 1. The molecule has 6 nitrogen and oxygen atoms in total. The Morgan fingerprint density at radius 3 is 2.31 bits per heavy atom. The third kappa shape index (κ3) is 4.50. The SMILES string of the molecule is CC(C)(C)OCC(C)(C)C(=O)Nc1nc2ccc(C(F)(F)F)nc2n1C1=CC=C1. The molecule has 0 radical (unpaired) electrons. The molecular formula is C20H23F3N4O2. The molecule has 0 atom stereocenters. The number of carbonyl (C=O) groups is 1. The van der Waals surface area contributed by atoms with Gasteiger partial charge in [-0.1, -0.05) is 6.08 Å². The van der Waals surface area contributed by atoms with Crippen molar-refractivity contribution in [2.24, 2.45) is 5.41 Å². The standard InChI is InChI=1S/C20H23F3N4O2/c1-18(2,3)29-11-19(4,5)16(28)26-17-24-13-9-10-14(20(21,22)23)25-15(13)27(17)12-7-6-8-12/h6-10H,11H2,1-5H3,(H,24,26,28). The van der Waals surface area contributed by atoms with Crippen molar-refractivity contribution in [2.75, 3.05) is 11.9 Å². The summed E-state index contributed by atoms with van der Waals surface area (Å²) in [7, 11) is 0. The summed E-state index contributed by atoms with van der Waals surface area (Å²) < 4.78 is 46.4. The topological polar surface area (TPSA) is 69.0 Å². The molecule has 1 aliphatic carbocycles. The second-order valence-corrected chi connectivity index (χ2v) is 8.50. The second kappa shape index (κ2) is 6.98. The molecule has 1 aliphatic rings. The summed E-state index contributed by atoms with van der Waals surface area (Å²) in [5.74, 6) is -0.255. The number of nitrogens with zero attached hydrogens (tertiary/aromatic N) is 3. The normalized spacial score (nSPS) is 14.7. The molecule has 0 aliphatic heterocycles. The molecule has 156 valence electrons. The smallest absolute Gasteiger partial charge is 0.375 e. The molecule has 3 rings (SSSR count). The van der Waals surface area contributed by atoms with Crippen LogP contribution in [0.3, 0.4) is 0 Å². The largest absolute Gasteiger partial charge is 0.433 e. The zero-order valence-corrected chi connectivity index (χ0v) is 16.9. The molecule has 29 heavy (non-hydrogen) atoms. The lowest BCUT2D eigenvalue weighted by Gasteiger charge is -2.28. The third-order valence-corrected chi connectivity index (χ3v) is 4.29. The van der Waals surface area contributed by atoms with Crippen molar-refractivity contribution < 1.29 is 22.7 Å². The average molecular weight is 408 g/mol. The fraction of sp³-hybridized carbons (Fsp3) is 0.450. The third-order valence-electron chi connectivity index (χ3n) is 4.29. The van der Waals surface area contributed by atoms with Crippen LogP contribution in [0.25, 0.3) is 16.9 Å². The quantitative estimate of drug-likeness (QED) is 0.783. The zero-order valence-electron chi connectivity index (χ0n) is 16.9. The van der Waals surface area contributed by atoms with Gasteiger partial charge in [-0.15, -0.1) is 0 Å². The van der Waals surface area contributed by atoms with Crippen LogP contribution in [0.5, 0.6) is 0 Å². The molecule has 2 heterocycles. The zero-order chi connectivity index (χ0) is 21.6. The number of ether oxygens (including phenoxy) is 1. The molecule has 0 aromatic carbocycles. The number of hydrogen-bond acceptors (Lipinski definition) is 4. The van der Waals surface area contributed by atoms with E-state index in [0.717, 1.165) is 6.07 Å². The van der Waals surface area contributed by atoms with Crippen molar-refractivity contribution in [3.63, 3.8) is 0 Å². The highest BCUT2D eigenvalue weighted by Gasteiger charge is 2.34. The number of alkyl halides is 3. The number of halogens is 3. The van der Waals surface area contributed by atoms with Gasteiger partial charge in [-0.3, -0.25) is 14.7 Å². The molecule has 1 N–H and O–H groups in total. The van der Waals surface area contributed by atoms with E-state index in [1.807, 2.05) is 20.8 Å². The number of pyridine rings is 1. The Morgan fingerprint density at radius 1 is 1.14 bits per heavy atom. The number of amides is 1. The first-order chi connectivity index (χ1) is 13.3. The Labute approximate surface area is 166 Å². The number of allylic oxidation sites excluding steroid dienone is 4. The summed E-state index contributed by atoms with van der Waals surface area (Å²) in [5.41, 5.74) is -1.47. The van der Waals surface area contributed by atoms with Crippen LogP contribution in [0.4, 0.5) is 19.1 Å². The van der Waals surface area contributed by atoms with Gasteiger partial charge < -0.3 is 4.74 Å². The van der Waals surface area contributed by atoms with Gasteiger partial charge in [-0.2, -0.15) is 13.2 Å². The lowest BCUT2D eigenvalue weighted by molar-refractivity contribution is -0.141. The van der Waals surface area contributed by atoms with Gasteiger partial charge in [0.25, 0.3) is 0 Å². The molecule has 2 aromatic heterocycles. The van der Waals surface area contributed by atoms with Gasteiger partial charge in [-0.25, -0.2) is 9.97 Å². The van der Waals surface area contributed by atoms with Crippen molar-refractivity contribution in [3.05, 3.63) is 36.1 Å². The molecule has 0 unspecified atom stereocenters. The highest BCUT2D eigenvalue weighted by molar-refractivity contribution is 5.96. The van der Waals surface area contributed by atoms with Crippen molar-refractivity contribution in [2.45, 2.75) is 46.4 Å². The fourth-order valence-electron chi connectivity index (χ4n) is 2.51. The molecule has 0 saturated heterocycles. The van der Waals surface area contributed by atoms with Crippen LogP contribution in [0, 0.1) is 5.41 Å². The number of aromatic nitrogens is 3. The van der Waals surface area contributed by atoms with Gasteiger partial charge in [0, 0.05) is 0 Å². The minimum Gasteiger partial charge on any atom is -0.375 e. The molecule has 9 heteroatoms. The van der Waals surface area contributed by atoms with E-state index in [-0.39, 0.29) is 29.6 Å². The van der Waals surface area contributed by atoms with E-state index in [9.17, 15) is 18.0 Å². The first-order valence-corrected chi connectivity index (χ1v) is 9.09. The monoisotopic (exact) mass is 408 g/mol. The summed E-state index contributed by atoms with van der Waals surface area (Å²) in [6.45, 7) is 9.29. The first kappa shape index (κ1) is 21.0. The highest BCUT2D eigenvalue weighted by atomic mass is 19.4. The second-order valence-electron chi connectivity index (χ2n) is 8.50.